The van der Waals surface area contributed by atoms with Gasteiger partial charge in [-0.2, -0.15) is 0 Å². The fraction of sp³-hybridized carbons (Fsp3) is 0.625. The molecule has 0 radical (unpaired) electrons. The zero-order valence-electron chi connectivity index (χ0n) is 12.7. The van der Waals surface area contributed by atoms with Crippen molar-refractivity contribution in [3.8, 4) is 0 Å². The molecule has 2 aliphatic heterocycles. The third kappa shape index (κ3) is 3.50. The Hall–Kier alpha value is -1.82. The van der Waals surface area contributed by atoms with Gasteiger partial charge in [0.15, 0.2) is 0 Å². The van der Waals surface area contributed by atoms with Crippen molar-refractivity contribution >= 4 is 11.8 Å². The van der Waals surface area contributed by atoms with E-state index in [1.807, 2.05) is 0 Å². The van der Waals surface area contributed by atoms with E-state index in [1.165, 1.54) is 12.5 Å². The van der Waals surface area contributed by atoms with Crippen molar-refractivity contribution in [1.29, 1.82) is 0 Å². The highest BCUT2D eigenvalue weighted by Crippen LogP contribution is 2.20. The molecule has 2 amide bonds. The molecule has 22 heavy (non-hydrogen) atoms. The van der Waals surface area contributed by atoms with Gasteiger partial charge in [0, 0.05) is 31.6 Å². The number of carbonyl (C=O) groups excluding carboxylic acids is 2. The fourth-order valence-electron chi connectivity index (χ4n) is 3.21. The molecule has 2 saturated heterocycles. The normalized spacial score (nSPS) is 23.3. The Labute approximate surface area is 130 Å². The molecule has 2 fully saturated rings. The Bertz CT molecular complexity index is 501. The first-order valence-electron chi connectivity index (χ1n) is 8.06. The van der Waals surface area contributed by atoms with E-state index in [0.29, 0.717) is 18.7 Å². The van der Waals surface area contributed by atoms with Crippen LogP contribution in [0.4, 0.5) is 0 Å². The number of hydrogen-bond donors (Lipinski definition) is 2. The van der Waals surface area contributed by atoms with Crippen LogP contribution in [-0.4, -0.2) is 48.9 Å². The van der Waals surface area contributed by atoms with Crippen LogP contribution >= 0.6 is 0 Å². The first-order valence-corrected chi connectivity index (χ1v) is 8.06. The summed E-state index contributed by atoms with van der Waals surface area (Å²) in [6, 6.07) is 1.93. The molecular weight excluding hydrogens is 282 g/mol. The molecule has 6 nitrogen and oxygen atoms in total. The molecule has 3 heterocycles. The average molecular weight is 305 g/mol. The zero-order valence-corrected chi connectivity index (χ0v) is 12.7. The lowest BCUT2D eigenvalue weighted by molar-refractivity contribution is -0.127. The van der Waals surface area contributed by atoms with Crippen LogP contribution in [0.1, 0.15) is 36.0 Å². The first kappa shape index (κ1) is 15.1. The largest absolute Gasteiger partial charge is 0.472 e. The van der Waals surface area contributed by atoms with Crippen LogP contribution in [0.2, 0.25) is 0 Å². The monoisotopic (exact) mass is 305 g/mol. The van der Waals surface area contributed by atoms with E-state index >= 15 is 0 Å². The minimum atomic E-state index is -0.0101. The SMILES string of the molecule is O=C(N[C@H]1CCCNC1)C1CCN(C(=O)c2ccoc2)CC1. The number of rotatable bonds is 3. The van der Waals surface area contributed by atoms with Crippen LogP contribution in [0.25, 0.3) is 0 Å². The van der Waals surface area contributed by atoms with Gasteiger partial charge in [-0.3, -0.25) is 9.59 Å². The van der Waals surface area contributed by atoms with Crippen molar-refractivity contribution in [3.05, 3.63) is 24.2 Å². The van der Waals surface area contributed by atoms with Gasteiger partial charge in [0.1, 0.15) is 6.26 Å². The van der Waals surface area contributed by atoms with E-state index in [9.17, 15) is 9.59 Å². The number of amides is 2. The number of hydrogen-bond acceptors (Lipinski definition) is 4. The molecule has 0 aromatic carbocycles. The van der Waals surface area contributed by atoms with Crippen molar-refractivity contribution in [3.63, 3.8) is 0 Å². The highest BCUT2D eigenvalue weighted by atomic mass is 16.3. The van der Waals surface area contributed by atoms with Gasteiger partial charge in [-0.05, 0) is 38.3 Å². The molecule has 0 spiro atoms. The summed E-state index contributed by atoms with van der Waals surface area (Å²) in [5.41, 5.74) is 0.580. The number of nitrogens with zero attached hydrogens (tertiary/aromatic N) is 1. The summed E-state index contributed by atoms with van der Waals surface area (Å²) in [6.45, 7) is 3.17. The topological polar surface area (TPSA) is 74.6 Å². The van der Waals surface area contributed by atoms with Gasteiger partial charge in [0.2, 0.25) is 5.91 Å². The predicted octanol–water partition coefficient (Wildman–Crippen LogP) is 1.000. The van der Waals surface area contributed by atoms with Crippen LogP contribution in [0.15, 0.2) is 23.0 Å². The number of nitrogens with one attached hydrogen (secondary N) is 2. The Morgan fingerprint density at radius 1 is 1.27 bits per heavy atom. The lowest BCUT2D eigenvalue weighted by atomic mass is 9.94. The van der Waals surface area contributed by atoms with Gasteiger partial charge >= 0.3 is 0 Å². The summed E-state index contributed by atoms with van der Waals surface area (Å²) >= 11 is 0. The van der Waals surface area contributed by atoms with Crippen LogP contribution in [0.5, 0.6) is 0 Å². The lowest BCUT2D eigenvalue weighted by Gasteiger charge is -2.32. The van der Waals surface area contributed by atoms with Gasteiger partial charge in [0.25, 0.3) is 5.91 Å². The van der Waals surface area contributed by atoms with Crippen LogP contribution < -0.4 is 10.6 Å². The second-order valence-corrected chi connectivity index (χ2v) is 6.13. The van der Waals surface area contributed by atoms with E-state index in [2.05, 4.69) is 10.6 Å². The van der Waals surface area contributed by atoms with Crippen molar-refractivity contribution in [2.45, 2.75) is 31.7 Å². The molecule has 2 N–H and O–H groups in total. The summed E-state index contributed by atoms with van der Waals surface area (Å²) in [7, 11) is 0. The lowest BCUT2D eigenvalue weighted by Crippen LogP contribution is -2.49. The molecular formula is C16H23N3O3. The zero-order chi connectivity index (χ0) is 15.4. The molecule has 0 aliphatic carbocycles. The highest BCUT2D eigenvalue weighted by Gasteiger charge is 2.29. The van der Waals surface area contributed by atoms with Crippen molar-refractivity contribution in [1.82, 2.24) is 15.5 Å². The summed E-state index contributed by atoms with van der Waals surface area (Å²) in [5.74, 6) is 0.156. The van der Waals surface area contributed by atoms with Crippen molar-refractivity contribution < 1.29 is 14.0 Å². The van der Waals surface area contributed by atoms with E-state index in [0.717, 1.165) is 38.8 Å². The summed E-state index contributed by atoms with van der Waals surface area (Å²) in [4.78, 5) is 26.3. The Kier molecular flexibility index (Phi) is 4.77. The number of carbonyl (C=O) groups is 2. The van der Waals surface area contributed by atoms with E-state index < -0.39 is 0 Å². The fourth-order valence-corrected chi connectivity index (χ4v) is 3.21. The van der Waals surface area contributed by atoms with Gasteiger partial charge in [-0.1, -0.05) is 0 Å². The quantitative estimate of drug-likeness (QED) is 0.873. The average Bonchev–Trinajstić information content (AvgIpc) is 3.10. The van der Waals surface area contributed by atoms with Gasteiger partial charge in [0.05, 0.1) is 11.8 Å². The molecule has 0 bridgehead atoms. The maximum absolute atomic E-state index is 12.3. The number of piperidine rings is 2. The van der Waals surface area contributed by atoms with E-state index in [1.54, 1.807) is 11.0 Å². The molecule has 120 valence electrons. The summed E-state index contributed by atoms with van der Waals surface area (Å²) < 4.78 is 4.95. The summed E-state index contributed by atoms with van der Waals surface area (Å²) in [6.07, 6.45) is 6.60. The standard InChI is InChI=1S/C16H23N3O3/c20-15(18-14-2-1-6-17-10-14)12-3-7-19(8-4-12)16(21)13-5-9-22-11-13/h5,9,11-12,14,17H,1-4,6-8,10H2,(H,18,20)/t14-/m0/s1. The Balaban J connectivity index is 1.46. The Morgan fingerprint density at radius 2 is 2.09 bits per heavy atom. The molecule has 1 aromatic rings. The van der Waals surface area contributed by atoms with Crippen molar-refractivity contribution in [2.24, 2.45) is 5.92 Å². The van der Waals surface area contributed by atoms with Crippen molar-refractivity contribution in [2.75, 3.05) is 26.2 Å². The van der Waals surface area contributed by atoms with E-state index in [-0.39, 0.29) is 23.8 Å². The van der Waals surface area contributed by atoms with Gasteiger partial charge < -0.3 is 20.0 Å². The van der Waals surface area contributed by atoms with Crippen LogP contribution in [0.3, 0.4) is 0 Å². The minimum Gasteiger partial charge on any atom is -0.472 e. The maximum atomic E-state index is 12.3. The van der Waals surface area contributed by atoms with Gasteiger partial charge in [-0.15, -0.1) is 0 Å². The first-order chi connectivity index (χ1) is 10.7. The van der Waals surface area contributed by atoms with Gasteiger partial charge in [-0.25, -0.2) is 0 Å². The predicted molar refractivity (Wildman–Crippen MR) is 81.4 cm³/mol. The van der Waals surface area contributed by atoms with E-state index in [4.69, 9.17) is 4.42 Å². The molecule has 1 aromatic heterocycles. The molecule has 0 saturated carbocycles. The number of likely N-dealkylation sites (tertiary alicyclic amines) is 1. The maximum Gasteiger partial charge on any atom is 0.257 e. The van der Waals surface area contributed by atoms with Crippen LogP contribution in [-0.2, 0) is 4.79 Å². The Morgan fingerprint density at radius 3 is 2.73 bits per heavy atom. The second kappa shape index (κ2) is 6.96. The third-order valence-electron chi connectivity index (χ3n) is 4.56. The highest BCUT2D eigenvalue weighted by molar-refractivity contribution is 5.94. The molecule has 1 atom stereocenters. The molecule has 0 unspecified atom stereocenters. The second-order valence-electron chi connectivity index (χ2n) is 6.13. The molecule has 2 aliphatic rings. The number of furan rings is 1. The summed E-state index contributed by atoms with van der Waals surface area (Å²) in [5, 5.41) is 6.44. The minimum absolute atomic E-state index is 0.0101. The smallest absolute Gasteiger partial charge is 0.257 e. The molecule has 3 rings (SSSR count). The van der Waals surface area contributed by atoms with Crippen LogP contribution in [0, 0.1) is 5.92 Å². The third-order valence-corrected chi connectivity index (χ3v) is 4.56. The molecule has 6 heteroatoms.